The molecule has 0 atom stereocenters. The Morgan fingerprint density at radius 3 is 2.15 bits per heavy atom. The van der Waals surface area contributed by atoms with Gasteiger partial charge in [0.25, 0.3) is 0 Å². The van der Waals surface area contributed by atoms with Crippen LogP contribution < -0.4 is 5.73 Å². The fourth-order valence-corrected chi connectivity index (χ4v) is 2.44. The molecule has 13 heavy (non-hydrogen) atoms. The maximum atomic E-state index is 5.65. The molecular formula is C11H23NO. The maximum Gasteiger partial charge on any atom is 0.0552 e. The fraction of sp³-hybridized carbons (Fsp3) is 1.00. The second-order valence-corrected chi connectivity index (χ2v) is 5.23. The number of ether oxygens (including phenoxy) is 1. The third-order valence-corrected chi connectivity index (χ3v) is 3.94. The van der Waals surface area contributed by atoms with E-state index in [0.717, 1.165) is 26.2 Å². The summed E-state index contributed by atoms with van der Waals surface area (Å²) in [7, 11) is 0. The van der Waals surface area contributed by atoms with E-state index in [4.69, 9.17) is 10.5 Å². The molecule has 2 N–H and O–H groups in total. The monoisotopic (exact) mass is 185 g/mol. The molecule has 0 aromatic carbocycles. The first-order valence-corrected chi connectivity index (χ1v) is 5.24. The molecule has 2 heteroatoms. The van der Waals surface area contributed by atoms with Crippen LogP contribution >= 0.6 is 0 Å². The molecular weight excluding hydrogens is 162 g/mol. The minimum Gasteiger partial charge on any atom is -0.380 e. The lowest BCUT2D eigenvalue weighted by atomic mass is 9.57. The van der Waals surface area contributed by atoms with Gasteiger partial charge in [-0.15, -0.1) is 0 Å². The highest BCUT2D eigenvalue weighted by molar-refractivity contribution is 4.99. The van der Waals surface area contributed by atoms with Gasteiger partial charge in [0.15, 0.2) is 0 Å². The molecule has 0 radical (unpaired) electrons. The van der Waals surface area contributed by atoms with Crippen molar-refractivity contribution in [3.63, 3.8) is 0 Å². The minimum absolute atomic E-state index is 0.314. The Morgan fingerprint density at radius 2 is 1.92 bits per heavy atom. The van der Waals surface area contributed by atoms with Crippen molar-refractivity contribution in [2.45, 2.75) is 34.1 Å². The fourth-order valence-electron chi connectivity index (χ4n) is 2.44. The average molecular weight is 185 g/mol. The summed E-state index contributed by atoms with van der Waals surface area (Å²) in [5.74, 6) is 0.683. The summed E-state index contributed by atoms with van der Waals surface area (Å²) in [4.78, 5) is 0. The van der Waals surface area contributed by atoms with E-state index in [-0.39, 0.29) is 0 Å². The molecule has 0 amide bonds. The largest absolute Gasteiger partial charge is 0.380 e. The molecule has 1 aliphatic rings. The molecule has 78 valence electrons. The molecule has 1 aliphatic heterocycles. The average Bonchev–Trinajstić information content (AvgIpc) is 1.80. The van der Waals surface area contributed by atoms with Gasteiger partial charge in [0.1, 0.15) is 0 Å². The van der Waals surface area contributed by atoms with Crippen LogP contribution in [0.4, 0.5) is 0 Å². The summed E-state index contributed by atoms with van der Waals surface area (Å²) in [6, 6.07) is 0. The molecule has 0 bridgehead atoms. The smallest absolute Gasteiger partial charge is 0.0552 e. The van der Waals surface area contributed by atoms with Crippen LogP contribution in [0.25, 0.3) is 0 Å². The first-order chi connectivity index (χ1) is 5.96. The van der Waals surface area contributed by atoms with Gasteiger partial charge in [-0.1, -0.05) is 27.7 Å². The predicted octanol–water partition coefficient (Wildman–Crippen LogP) is 2.03. The first kappa shape index (κ1) is 11.0. The summed E-state index contributed by atoms with van der Waals surface area (Å²) < 4.78 is 5.39. The van der Waals surface area contributed by atoms with E-state index < -0.39 is 0 Å². The summed E-state index contributed by atoms with van der Waals surface area (Å²) >= 11 is 0. The summed E-state index contributed by atoms with van der Waals surface area (Å²) in [5.41, 5.74) is 6.33. The Kier molecular flexibility index (Phi) is 3.03. The number of nitrogens with two attached hydrogens (primary N) is 1. The number of hydrogen-bond donors (Lipinski definition) is 1. The van der Waals surface area contributed by atoms with Crippen molar-refractivity contribution >= 4 is 0 Å². The minimum atomic E-state index is 0.314. The molecule has 0 aliphatic carbocycles. The summed E-state index contributed by atoms with van der Waals surface area (Å²) in [6.07, 6.45) is 1.09. The van der Waals surface area contributed by atoms with E-state index in [1.54, 1.807) is 0 Å². The lowest BCUT2D eigenvalue weighted by molar-refractivity contribution is -0.201. The van der Waals surface area contributed by atoms with Crippen LogP contribution in [-0.2, 0) is 4.74 Å². The van der Waals surface area contributed by atoms with E-state index in [1.165, 1.54) is 0 Å². The third kappa shape index (κ3) is 1.62. The second kappa shape index (κ2) is 3.58. The summed E-state index contributed by atoms with van der Waals surface area (Å²) in [5, 5.41) is 0. The zero-order chi connectivity index (χ0) is 10.1. The normalized spacial score (nSPS) is 21.7. The third-order valence-electron chi connectivity index (χ3n) is 3.94. The van der Waals surface area contributed by atoms with Crippen molar-refractivity contribution in [3.05, 3.63) is 0 Å². The Bertz CT molecular complexity index is 171. The Morgan fingerprint density at radius 1 is 1.38 bits per heavy atom. The standard InChI is InChI=1S/C11H23NO/c1-9(2)11(7-13-8-11)10(3,4)5-6-12/h9H,5-8,12H2,1-4H3. The van der Waals surface area contributed by atoms with Gasteiger partial charge < -0.3 is 10.5 Å². The molecule has 0 aromatic heterocycles. The van der Waals surface area contributed by atoms with Gasteiger partial charge in [-0.3, -0.25) is 0 Å². The predicted molar refractivity (Wildman–Crippen MR) is 55.5 cm³/mol. The molecule has 1 saturated heterocycles. The van der Waals surface area contributed by atoms with Gasteiger partial charge in [-0.2, -0.15) is 0 Å². The molecule has 0 spiro atoms. The van der Waals surface area contributed by atoms with Crippen LogP contribution in [-0.4, -0.2) is 19.8 Å². The van der Waals surface area contributed by atoms with Crippen molar-refractivity contribution in [3.8, 4) is 0 Å². The van der Waals surface area contributed by atoms with Gasteiger partial charge >= 0.3 is 0 Å². The number of rotatable bonds is 4. The number of hydrogen-bond acceptors (Lipinski definition) is 2. The topological polar surface area (TPSA) is 35.2 Å². The molecule has 0 unspecified atom stereocenters. The van der Waals surface area contributed by atoms with E-state index in [9.17, 15) is 0 Å². The van der Waals surface area contributed by atoms with Gasteiger partial charge in [-0.25, -0.2) is 0 Å². The van der Waals surface area contributed by atoms with Gasteiger partial charge in [0.2, 0.25) is 0 Å². The lowest BCUT2D eigenvalue weighted by Crippen LogP contribution is -2.56. The van der Waals surface area contributed by atoms with E-state index in [2.05, 4.69) is 27.7 Å². The highest BCUT2D eigenvalue weighted by Crippen LogP contribution is 2.51. The molecule has 0 saturated carbocycles. The maximum absolute atomic E-state index is 5.65. The SMILES string of the molecule is CC(C)C1(C(C)(C)CCN)COC1. The summed E-state index contributed by atoms with van der Waals surface area (Å²) in [6.45, 7) is 11.8. The van der Waals surface area contributed by atoms with Crippen molar-refractivity contribution in [2.24, 2.45) is 22.5 Å². The van der Waals surface area contributed by atoms with Crippen LogP contribution in [0.2, 0.25) is 0 Å². The zero-order valence-electron chi connectivity index (χ0n) is 9.39. The Hall–Kier alpha value is -0.0800. The second-order valence-electron chi connectivity index (χ2n) is 5.23. The van der Waals surface area contributed by atoms with E-state index in [1.807, 2.05) is 0 Å². The lowest BCUT2D eigenvalue weighted by Gasteiger charge is -2.55. The first-order valence-electron chi connectivity index (χ1n) is 5.24. The van der Waals surface area contributed by atoms with Crippen LogP contribution in [0, 0.1) is 16.7 Å². The molecule has 1 heterocycles. The van der Waals surface area contributed by atoms with Gasteiger partial charge in [0, 0.05) is 5.41 Å². The van der Waals surface area contributed by atoms with Crippen molar-refractivity contribution in [1.82, 2.24) is 0 Å². The van der Waals surface area contributed by atoms with Crippen LogP contribution in [0.5, 0.6) is 0 Å². The van der Waals surface area contributed by atoms with Crippen LogP contribution in [0.15, 0.2) is 0 Å². The van der Waals surface area contributed by atoms with Crippen molar-refractivity contribution in [2.75, 3.05) is 19.8 Å². The van der Waals surface area contributed by atoms with Crippen molar-refractivity contribution in [1.29, 1.82) is 0 Å². The molecule has 1 fully saturated rings. The molecule has 1 rings (SSSR count). The Labute approximate surface area is 81.8 Å². The van der Waals surface area contributed by atoms with Crippen LogP contribution in [0.1, 0.15) is 34.1 Å². The molecule has 0 aromatic rings. The highest BCUT2D eigenvalue weighted by Gasteiger charge is 2.52. The highest BCUT2D eigenvalue weighted by atomic mass is 16.5. The zero-order valence-corrected chi connectivity index (χ0v) is 9.39. The van der Waals surface area contributed by atoms with Gasteiger partial charge in [-0.05, 0) is 24.3 Å². The van der Waals surface area contributed by atoms with Crippen molar-refractivity contribution < 1.29 is 4.74 Å². The van der Waals surface area contributed by atoms with Crippen LogP contribution in [0.3, 0.4) is 0 Å². The quantitative estimate of drug-likeness (QED) is 0.727. The van der Waals surface area contributed by atoms with E-state index >= 15 is 0 Å². The Balaban J connectivity index is 2.75. The van der Waals surface area contributed by atoms with Gasteiger partial charge in [0.05, 0.1) is 13.2 Å². The molecule has 2 nitrogen and oxygen atoms in total. The van der Waals surface area contributed by atoms with E-state index in [0.29, 0.717) is 16.7 Å².